The normalized spacial score (nSPS) is 42.4. The van der Waals surface area contributed by atoms with Gasteiger partial charge in [-0.1, -0.05) is 40.3 Å². The minimum absolute atomic E-state index is 0.00915. The van der Waals surface area contributed by atoms with Crippen LogP contribution in [0, 0.1) is 28.1 Å². The number of furan rings is 1. The second-order valence-corrected chi connectivity index (χ2v) is 11.3. The van der Waals surface area contributed by atoms with E-state index in [1.165, 1.54) is 7.11 Å². The summed E-state index contributed by atoms with van der Waals surface area (Å²) in [5.74, 6) is -1.15. The van der Waals surface area contributed by atoms with Gasteiger partial charge in [0.25, 0.3) is 0 Å². The molecule has 1 saturated carbocycles. The molecule has 0 N–H and O–H groups in total. The van der Waals surface area contributed by atoms with Crippen LogP contribution in [0.25, 0.3) is 0 Å². The van der Waals surface area contributed by atoms with Crippen LogP contribution in [-0.2, 0) is 28.6 Å². The molecule has 5 rings (SSSR count). The summed E-state index contributed by atoms with van der Waals surface area (Å²) in [4.78, 5) is 38.2. The predicted octanol–water partition coefficient (Wildman–Crippen LogP) is 4.34. The van der Waals surface area contributed by atoms with Gasteiger partial charge in [0.2, 0.25) is 0 Å². The molecule has 4 aliphatic rings. The number of epoxide rings is 1. The number of esters is 2. The average molecular weight is 469 g/mol. The number of ether oxygens (including phenoxy) is 3. The lowest BCUT2D eigenvalue weighted by Crippen LogP contribution is -2.58. The van der Waals surface area contributed by atoms with Crippen molar-refractivity contribution in [2.75, 3.05) is 7.11 Å². The molecule has 1 aromatic rings. The van der Waals surface area contributed by atoms with Crippen molar-refractivity contribution in [1.29, 1.82) is 0 Å². The summed E-state index contributed by atoms with van der Waals surface area (Å²) >= 11 is 0. The van der Waals surface area contributed by atoms with E-state index in [9.17, 15) is 14.4 Å². The number of carbonyl (C=O) groups excluding carboxylic acids is 3. The fourth-order valence-electron chi connectivity index (χ4n) is 7.27. The van der Waals surface area contributed by atoms with Crippen LogP contribution in [0.5, 0.6) is 0 Å². The van der Waals surface area contributed by atoms with Crippen molar-refractivity contribution in [2.24, 2.45) is 28.1 Å². The summed E-state index contributed by atoms with van der Waals surface area (Å²) in [6.45, 7) is 12.5. The van der Waals surface area contributed by atoms with Gasteiger partial charge >= 0.3 is 11.9 Å². The average Bonchev–Trinajstić information content (AvgIpc) is 3.35. The number of hydrogen-bond donors (Lipinski definition) is 0. The highest BCUT2D eigenvalue weighted by molar-refractivity contribution is 5.96. The molecular formula is C27H32O7. The highest BCUT2D eigenvalue weighted by atomic mass is 16.7. The van der Waals surface area contributed by atoms with Gasteiger partial charge in [0.15, 0.2) is 11.9 Å². The van der Waals surface area contributed by atoms with Crippen molar-refractivity contribution in [1.82, 2.24) is 0 Å². The van der Waals surface area contributed by atoms with Gasteiger partial charge < -0.3 is 18.6 Å². The zero-order valence-corrected chi connectivity index (χ0v) is 20.4. The molecule has 34 heavy (non-hydrogen) atoms. The first-order chi connectivity index (χ1) is 15.9. The van der Waals surface area contributed by atoms with E-state index in [-0.39, 0.29) is 30.0 Å². The van der Waals surface area contributed by atoms with E-state index >= 15 is 0 Å². The summed E-state index contributed by atoms with van der Waals surface area (Å²) in [5, 5.41) is 0. The smallest absolute Gasteiger partial charge is 0.339 e. The van der Waals surface area contributed by atoms with E-state index in [4.69, 9.17) is 18.6 Å². The molecule has 1 spiro atoms. The van der Waals surface area contributed by atoms with Crippen LogP contribution in [0.2, 0.25) is 0 Å². The molecule has 2 aliphatic heterocycles. The van der Waals surface area contributed by atoms with Crippen LogP contribution in [0.15, 0.2) is 47.3 Å². The molecule has 7 atom stereocenters. The quantitative estimate of drug-likeness (QED) is 0.368. The Labute approximate surface area is 199 Å². The zero-order valence-electron chi connectivity index (χ0n) is 20.4. The fraction of sp³-hybridized carbons (Fsp3) is 0.593. The van der Waals surface area contributed by atoms with Crippen LogP contribution < -0.4 is 0 Å². The lowest BCUT2D eigenvalue weighted by atomic mass is 9.47. The van der Waals surface area contributed by atoms with Crippen LogP contribution in [-0.4, -0.2) is 36.5 Å². The lowest BCUT2D eigenvalue weighted by molar-refractivity contribution is -0.168. The Balaban J connectivity index is 1.57. The third kappa shape index (κ3) is 2.76. The van der Waals surface area contributed by atoms with E-state index in [0.29, 0.717) is 0 Å². The summed E-state index contributed by atoms with van der Waals surface area (Å²) in [6.07, 6.45) is 7.16. The van der Waals surface area contributed by atoms with Crippen LogP contribution in [0.4, 0.5) is 0 Å². The van der Waals surface area contributed by atoms with Gasteiger partial charge in [-0.3, -0.25) is 9.59 Å². The summed E-state index contributed by atoms with van der Waals surface area (Å²) in [5.41, 5.74) is -1.04. The third-order valence-corrected chi connectivity index (χ3v) is 9.39. The third-order valence-electron chi connectivity index (χ3n) is 9.39. The van der Waals surface area contributed by atoms with Gasteiger partial charge in [-0.15, -0.1) is 0 Å². The number of hydrogen-bond acceptors (Lipinski definition) is 7. The first kappa shape index (κ1) is 23.1. The van der Waals surface area contributed by atoms with E-state index in [1.54, 1.807) is 18.6 Å². The maximum atomic E-state index is 12.9. The fourth-order valence-corrected chi connectivity index (χ4v) is 7.27. The molecule has 1 aromatic heterocycles. The van der Waals surface area contributed by atoms with Crippen LogP contribution in [0.3, 0.4) is 0 Å². The number of cyclic esters (lactones) is 1. The molecule has 2 saturated heterocycles. The summed E-state index contributed by atoms with van der Waals surface area (Å²) in [7, 11) is 1.36. The van der Waals surface area contributed by atoms with Crippen molar-refractivity contribution in [3.63, 3.8) is 0 Å². The molecule has 0 aromatic carbocycles. The van der Waals surface area contributed by atoms with Crippen molar-refractivity contribution >= 4 is 17.7 Å². The molecule has 2 aliphatic carbocycles. The SMILES string of the molecule is C=C1C(C2(C)C=CC(=O)C(C)(C)C2CC(=O)OC)CC[C@@]2(C)[C@H](c3ccoc3)OC(=O)C3OC132. The summed E-state index contributed by atoms with van der Waals surface area (Å²) in [6, 6.07) is 1.82. The highest BCUT2D eigenvalue weighted by Gasteiger charge is 2.80. The van der Waals surface area contributed by atoms with Crippen molar-refractivity contribution in [3.8, 4) is 0 Å². The maximum absolute atomic E-state index is 12.9. The first-order valence-electron chi connectivity index (χ1n) is 11.8. The molecule has 7 nitrogen and oxygen atoms in total. The Morgan fingerprint density at radius 2 is 1.94 bits per heavy atom. The molecule has 0 bridgehead atoms. The molecule has 3 fully saturated rings. The van der Waals surface area contributed by atoms with Crippen LogP contribution >= 0.6 is 0 Å². The first-order valence-corrected chi connectivity index (χ1v) is 11.8. The van der Waals surface area contributed by atoms with Gasteiger partial charge in [-0.2, -0.15) is 0 Å². The van der Waals surface area contributed by atoms with E-state index in [2.05, 4.69) is 20.4 Å². The van der Waals surface area contributed by atoms with Crippen molar-refractivity contribution < 1.29 is 33.0 Å². The number of ketones is 1. The number of methoxy groups -OCH3 is 1. The van der Waals surface area contributed by atoms with Gasteiger partial charge in [-0.25, -0.2) is 4.79 Å². The van der Waals surface area contributed by atoms with Gasteiger partial charge in [0.05, 0.1) is 26.1 Å². The molecule has 0 amide bonds. The van der Waals surface area contributed by atoms with Crippen LogP contribution in [0.1, 0.15) is 58.6 Å². The van der Waals surface area contributed by atoms with E-state index in [0.717, 1.165) is 24.0 Å². The Hall–Kier alpha value is -2.67. The van der Waals surface area contributed by atoms with E-state index < -0.39 is 40.0 Å². The molecule has 7 heteroatoms. The van der Waals surface area contributed by atoms with E-state index in [1.807, 2.05) is 26.0 Å². The summed E-state index contributed by atoms with van der Waals surface area (Å²) < 4.78 is 22.4. The zero-order chi connectivity index (χ0) is 24.7. The van der Waals surface area contributed by atoms with Gasteiger partial charge in [-0.05, 0) is 47.8 Å². The molecule has 182 valence electrons. The molecule has 3 heterocycles. The van der Waals surface area contributed by atoms with Gasteiger partial charge in [0.1, 0.15) is 11.7 Å². The topological polar surface area (TPSA) is 95.3 Å². The second kappa shape index (κ2) is 7.17. The Kier molecular flexibility index (Phi) is 4.87. The largest absolute Gasteiger partial charge is 0.472 e. The van der Waals surface area contributed by atoms with Crippen molar-refractivity contribution in [3.05, 3.63) is 48.5 Å². The monoisotopic (exact) mass is 468 g/mol. The number of rotatable bonds is 4. The minimum atomic E-state index is -0.856. The predicted molar refractivity (Wildman–Crippen MR) is 121 cm³/mol. The second-order valence-electron chi connectivity index (χ2n) is 11.3. The Morgan fingerprint density at radius 1 is 1.21 bits per heavy atom. The lowest BCUT2D eigenvalue weighted by Gasteiger charge is -2.56. The maximum Gasteiger partial charge on any atom is 0.339 e. The molecule has 5 unspecified atom stereocenters. The minimum Gasteiger partial charge on any atom is -0.472 e. The molecular weight excluding hydrogens is 436 g/mol. The number of carbonyl (C=O) groups is 3. The number of allylic oxidation sites excluding steroid dienone is 2. The van der Waals surface area contributed by atoms with Crippen molar-refractivity contribution in [2.45, 2.75) is 64.8 Å². The Bertz CT molecular complexity index is 1100. The Morgan fingerprint density at radius 3 is 2.59 bits per heavy atom. The van der Waals surface area contributed by atoms with Gasteiger partial charge in [0, 0.05) is 16.4 Å². The highest BCUT2D eigenvalue weighted by Crippen LogP contribution is 2.72. The standard InChI is InChI=1S/C27H32O7/c1-15-17(25(4)10-8-19(28)24(2,3)18(25)13-20(29)31-6)7-11-26(5)21(16-9-12-32-14-16)33-23(30)22-27(15,26)34-22/h8-10,12,14,17-18,21-22H,1,7,11,13H2,2-6H3/t17?,18?,21-,22?,25?,26-,27?/m0/s1. The molecule has 0 radical (unpaired) electrons.